The molecule has 0 radical (unpaired) electrons. The normalized spacial score (nSPS) is 25.1. The molecule has 8 heteroatoms. The fraction of sp³-hybridized carbons (Fsp3) is 0.909. The lowest BCUT2D eigenvalue weighted by Crippen LogP contribution is -2.60. The lowest BCUT2D eigenvalue weighted by Gasteiger charge is -2.30. The van der Waals surface area contributed by atoms with Crippen molar-refractivity contribution in [2.45, 2.75) is 38.4 Å². The largest absolute Gasteiger partial charge is 0.353 e. The van der Waals surface area contributed by atoms with Crippen molar-refractivity contribution in [1.29, 1.82) is 0 Å². The van der Waals surface area contributed by atoms with Gasteiger partial charge in [0.2, 0.25) is 15.9 Å². The summed E-state index contributed by atoms with van der Waals surface area (Å²) < 4.78 is 24.8. The van der Waals surface area contributed by atoms with E-state index in [4.69, 9.17) is 0 Å². The minimum Gasteiger partial charge on any atom is -0.353 e. The smallest absolute Gasteiger partial charge is 0.238 e. The number of sulfonamides is 1. The second kappa shape index (κ2) is 6.17. The van der Waals surface area contributed by atoms with Crippen LogP contribution in [0.15, 0.2) is 0 Å². The van der Waals surface area contributed by atoms with E-state index in [1.807, 2.05) is 6.92 Å². The minimum atomic E-state index is -3.29. The third-order valence-corrected chi connectivity index (χ3v) is 3.75. The topological polar surface area (TPSA) is 99.3 Å². The average molecular weight is 292 g/mol. The molecule has 1 rings (SSSR count). The zero-order valence-electron chi connectivity index (χ0n) is 11.9. The first-order chi connectivity index (χ1) is 8.59. The van der Waals surface area contributed by atoms with Crippen molar-refractivity contribution in [3.8, 4) is 0 Å². The second-order valence-corrected chi connectivity index (χ2v) is 7.49. The van der Waals surface area contributed by atoms with Crippen LogP contribution in [0.5, 0.6) is 0 Å². The standard InChI is InChI=1S/C11H24N4O3S/c1-8-5-13-9(6-12-8)10(16)14-7-11(2,3)15-19(4,17)18/h8-9,12-13,15H,5-7H2,1-4H3,(H,14,16). The molecule has 1 aliphatic heterocycles. The Bertz CT molecular complexity index is 414. The minimum absolute atomic E-state index is 0.122. The molecule has 1 amide bonds. The maximum atomic E-state index is 11.9. The van der Waals surface area contributed by atoms with Crippen LogP contribution in [0.4, 0.5) is 0 Å². The number of hydrogen-bond acceptors (Lipinski definition) is 5. The van der Waals surface area contributed by atoms with Crippen LogP contribution in [-0.4, -0.2) is 57.8 Å². The summed E-state index contributed by atoms with van der Waals surface area (Å²) in [6.07, 6.45) is 1.10. The molecule has 0 aromatic rings. The molecule has 0 saturated carbocycles. The van der Waals surface area contributed by atoms with Crippen molar-refractivity contribution in [2.24, 2.45) is 0 Å². The van der Waals surface area contributed by atoms with Crippen LogP contribution in [0.3, 0.4) is 0 Å². The van der Waals surface area contributed by atoms with Crippen molar-refractivity contribution in [3.05, 3.63) is 0 Å². The number of carbonyl (C=O) groups excluding carboxylic acids is 1. The number of carbonyl (C=O) groups is 1. The van der Waals surface area contributed by atoms with Crippen molar-refractivity contribution in [2.75, 3.05) is 25.9 Å². The van der Waals surface area contributed by atoms with Gasteiger partial charge in [0.1, 0.15) is 0 Å². The van der Waals surface area contributed by atoms with Crippen molar-refractivity contribution >= 4 is 15.9 Å². The van der Waals surface area contributed by atoms with E-state index in [9.17, 15) is 13.2 Å². The number of nitrogens with one attached hydrogen (secondary N) is 4. The Morgan fingerprint density at radius 3 is 2.42 bits per heavy atom. The molecule has 0 aromatic heterocycles. The van der Waals surface area contributed by atoms with Crippen LogP contribution >= 0.6 is 0 Å². The Kier molecular flexibility index (Phi) is 5.31. The maximum Gasteiger partial charge on any atom is 0.238 e. The predicted octanol–water partition coefficient (Wildman–Crippen LogP) is -1.62. The first kappa shape index (κ1) is 16.4. The molecule has 19 heavy (non-hydrogen) atoms. The predicted molar refractivity (Wildman–Crippen MR) is 74.3 cm³/mol. The lowest BCUT2D eigenvalue weighted by atomic mass is 10.1. The molecular weight excluding hydrogens is 268 g/mol. The van der Waals surface area contributed by atoms with Gasteiger partial charge in [-0.1, -0.05) is 0 Å². The number of rotatable bonds is 5. The zero-order valence-corrected chi connectivity index (χ0v) is 12.7. The Morgan fingerprint density at radius 2 is 1.95 bits per heavy atom. The third-order valence-electron chi connectivity index (χ3n) is 2.82. The molecule has 0 spiro atoms. The Balaban J connectivity index is 2.41. The summed E-state index contributed by atoms with van der Waals surface area (Å²) in [5.41, 5.74) is -0.710. The molecule has 0 bridgehead atoms. The van der Waals surface area contributed by atoms with Gasteiger partial charge in [-0.2, -0.15) is 0 Å². The van der Waals surface area contributed by atoms with Crippen molar-refractivity contribution < 1.29 is 13.2 Å². The SMILES string of the molecule is CC1CNC(C(=O)NCC(C)(C)NS(C)(=O)=O)CN1. The van der Waals surface area contributed by atoms with E-state index in [0.29, 0.717) is 12.6 Å². The first-order valence-corrected chi connectivity index (χ1v) is 8.22. The molecule has 4 N–H and O–H groups in total. The molecule has 2 atom stereocenters. The highest BCUT2D eigenvalue weighted by molar-refractivity contribution is 7.88. The Labute approximate surface area is 115 Å². The van der Waals surface area contributed by atoms with Gasteiger partial charge in [-0.15, -0.1) is 0 Å². The maximum absolute atomic E-state index is 11.9. The van der Waals surface area contributed by atoms with Gasteiger partial charge in [0, 0.05) is 31.2 Å². The van der Waals surface area contributed by atoms with E-state index in [1.165, 1.54) is 0 Å². The molecule has 1 heterocycles. The third kappa shape index (κ3) is 6.33. The van der Waals surface area contributed by atoms with E-state index in [1.54, 1.807) is 13.8 Å². The molecule has 0 aliphatic carbocycles. The zero-order chi connectivity index (χ0) is 14.7. The monoisotopic (exact) mass is 292 g/mol. The summed E-state index contributed by atoms with van der Waals surface area (Å²) in [6.45, 7) is 7.05. The molecule has 112 valence electrons. The van der Waals surface area contributed by atoms with Crippen LogP contribution in [0.2, 0.25) is 0 Å². The molecule has 7 nitrogen and oxygen atoms in total. The van der Waals surface area contributed by atoms with E-state index in [0.717, 1.165) is 12.8 Å². The summed E-state index contributed by atoms with van der Waals surface area (Å²) >= 11 is 0. The van der Waals surface area contributed by atoms with Crippen molar-refractivity contribution in [1.82, 2.24) is 20.7 Å². The quantitative estimate of drug-likeness (QED) is 0.488. The second-order valence-electron chi connectivity index (χ2n) is 5.75. The Morgan fingerprint density at radius 1 is 1.32 bits per heavy atom. The van der Waals surface area contributed by atoms with Gasteiger partial charge >= 0.3 is 0 Å². The van der Waals surface area contributed by atoms with Gasteiger partial charge in [-0.3, -0.25) is 4.79 Å². The summed E-state index contributed by atoms with van der Waals surface area (Å²) in [6, 6.07) is 0.0811. The molecule has 1 saturated heterocycles. The number of piperazine rings is 1. The summed E-state index contributed by atoms with van der Waals surface area (Å²) in [4.78, 5) is 11.9. The van der Waals surface area contributed by atoms with Crippen molar-refractivity contribution in [3.63, 3.8) is 0 Å². The van der Waals surface area contributed by atoms with Crippen LogP contribution in [0.1, 0.15) is 20.8 Å². The molecule has 1 aliphatic rings. The van der Waals surface area contributed by atoms with E-state index >= 15 is 0 Å². The highest BCUT2D eigenvalue weighted by Gasteiger charge is 2.26. The lowest BCUT2D eigenvalue weighted by molar-refractivity contribution is -0.123. The fourth-order valence-corrected chi connectivity index (χ4v) is 3.01. The van der Waals surface area contributed by atoms with Crippen LogP contribution in [0, 0.1) is 0 Å². The van der Waals surface area contributed by atoms with Crippen LogP contribution < -0.4 is 20.7 Å². The van der Waals surface area contributed by atoms with Gasteiger partial charge in [-0.05, 0) is 20.8 Å². The van der Waals surface area contributed by atoms with Gasteiger partial charge in [-0.25, -0.2) is 13.1 Å². The summed E-state index contributed by atoms with van der Waals surface area (Å²) in [5, 5.41) is 9.12. The van der Waals surface area contributed by atoms with Gasteiger partial charge in [0.05, 0.1) is 12.3 Å². The van der Waals surface area contributed by atoms with E-state index < -0.39 is 15.6 Å². The molecule has 0 aromatic carbocycles. The van der Waals surface area contributed by atoms with E-state index in [2.05, 4.69) is 20.7 Å². The Hall–Kier alpha value is -0.700. The number of amides is 1. The van der Waals surface area contributed by atoms with Crippen LogP contribution in [0.25, 0.3) is 0 Å². The molecule has 1 fully saturated rings. The average Bonchev–Trinajstić information content (AvgIpc) is 2.24. The number of hydrogen-bond donors (Lipinski definition) is 4. The fourth-order valence-electron chi connectivity index (χ4n) is 1.94. The molecular formula is C11H24N4O3S. The van der Waals surface area contributed by atoms with E-state index in [-0.39, 0.29) is 18.5 Å². The highest BCUT2D eigenvalue weighted by atomic mass is 32.2. The first-order valence-electron chi connectivity index (χ1n) is 6.32. The van der Waals surface area contributed by atoms with Gasteiger partial charge in [0.15, 0.2) is 0 Å². The molecule has 2 unspecified atom stereocenters. The highest BCUT2D eigenvalue weighted by Crippen LogP contribution is 2.02. The van der Waals surface area contributed by atoms with Gasteiger partial charge in [0.25, 0.3) is 0 Å². The van der Waals surface area contributed by atoms with Crippen LogP contribution in [-0.2, 0) is 14.8 Å². The summed E-state index contributed by atoms with van der Waals surface area (Å²) in [7, 11) is -3.29. The van der Waals surface area contributed by atoms with Gasteiger partial charge < -0.3 is 16.0 Å². The summed E-state index contributed by atoms with van der Waals surface area (Å²) in [5.74, 6) is -0.122.